The molecule has 0 aliphatic rings. The van der Waals surface area contributed by atoms with Crippen LogP contribution in [0.15, 0.2) is 17.6 Å². The molecule has 0 radical (unpaired) electrons. The van der Waals surface area contributed by atoms with Gasteiger partial charge in [-0.25, -0.2) is 9.37 Å². The van der Waals surface area contributed by atoms with Gasteiger partial charge in [-0.2, -0.15) is 0 Å². The summed E-state index contributed by atoms with van der Waals surface area (Å²) < 4.78 is 13.5. The molecule has 0 unspecified atom stereocenters. The third kappa shape index (κ3) is 2.94. The molecular weight excluding hydrogens is 247 g/mol. The number of aromatic nitrogens is 1. The molecule has 18 heavy (non-hydrogen) atoms. The first-order valence-electron chi connectivity index (χ1n) is 5.93. The zero-order chi connectivity index (χ0) is 13.1. The standard InChI is InChI=1S/C14H17FN2S/c1-9-4-12(5-10(2)14(9)15)6-16-7-13-11(3)17-8-18-13/h4-5,8,16H,6-7H2,1-3H3. The fourth-order valence-corrected chi connectivity index (χ4v) is 2.70. The quantitative estimate of drug-likeness (QED) is 0.914. The zero-order valence-corrected chi connectivity index (χ0v) is 11.7. The highest BCUT2D eigenvalue weighted by Crippen LogP contribution is 2.15. The van der Waals surface area contributed by atoms with Gasteiger partial charge in [-0.15, -0.1) is 11.3 Å². The molecule has 1 aromatic heterocycles. The van der Waals surface area contributed by atoms with Crippen LogP contribution in [0.2, 0.25) is 0 Å². The molecule has 96 valence electrons. The van der Waals surface area contributed by atoms with Crippen molar-refractivity contribution < 1.29 is 4.39 Å². The summed E-state index contributed by atoms with van der Waals surface area (Å²) in [7, 11) is 0. The fraction of sp³-hybridized carbons (Fsp3) is 0.357. The fourth-order valence-electron chi connectivity index (χ4n) is 1.95. The van der Waals surface area contributed by atoms with E-state index in [1.165, 1.54) is 4.88 Å². The molecule has 0 aliphatic carbocycles. The topological polar surface area (TPSA) is 24.9 Å². The molecule has 1 N–H and O–H groups in total. The van der Waals surface area contributed by atoms with Crippen molar-refractivity contribution >= 4 is 11.3 Å². The van der Waals surface area contributed by atoms with Crippen LogP contribution in [0, 0.1) is 26.6 Å². The van der Waals surface area contributed by atoms with Crippen molar-refractivity contribution in [2.24, 2.45) is 0 Å². The number of nitrogens with zero attached hydrogens (tertiary/aromatic N) is 1. The molecule has 1 heterocycles. The molecule has 0 spiro atoms. The normalized spacial score (nSPS) is 10.9. The van der Waals surface area contributed by atoms with Gasteiger partial charge in [-0.3, -0.25) is 0 Å². The Morgan fingerprint density at radius 3 is 2.39 bits per heavy atom. The van der Waals surface area contributed by atoms with Gasteiger partial charge in [0.2, 0.25) is 0 Å². The van der Waals surface area contributed by atoms with Crippen LogP contribution >= 0.6 is 11.3 Å². The van der Waals surface area contributed by atoms with Crippen LogP contribution in [0.5, 0.6) is 0 Å². The van der Waals surface area contributed by atoms with Gasteiger partial charge < -0.3 is 5.32 Å². The molecule has 2 nitrogen and oxygen atoms in total. The van der Waals surface area contributed by atoms with E-state index in [0.29, 0.717) is 11.1 Å². The van der Waals surface area contributed by atoms with Gasteiger partial charge in [0.1, 0.15) is 5.82 Å². The van der Waals surface area contributed by atoms with Crippen LogP contribution < -0.4 is 5.32 Å². The van der Waals surface area contributed by atoms with Gasteiger partial charge in [0.05, 0.1) is 11.2 Å². The second kappa shape index (κ2) is 5.59. The van der Waals surface area contributed by atoms with E-state index >= 15 is 0 Å². The highest BCUT2D eigenvalue weighted by atomic mass is 32.1. The summed E-state index contributed by atoms with van der Waals surface area (Å²) in [6, 6.07) is 3.80. The Morgan fingerprint density at radius 2 is 1.83 bits per heavy atom. The lowest BCUT2D eigenvalue weighted by atomic mass is 10.1. The van der Waals surface area contributed by atoms with Crippen molar-refractivity contribution in [3.8, 4) is 0 Å². The molecule has 0 saturated carbocycles. The number of benzene rings is 1. The monoisotopic (exact) mass is 264 g/mol. The molecule has 0 atom stereocenters. The van der Waals surface area contributed by atoms with E-state index in [1.54, 1.807) is 25.2 Å². The Balaban J connectivity index is 1.97. The van der Waals surface area contributed by atoms with E-state index in [0.717, 1.165) is 24.3 Å². The van der Waals surface area contributed by atoms with Crippen molar-refractivity contribution in [1.82, 2.24) is 10.3 Å². The Labute approximate surface area is 111 Å². The van der Waals surface area contributed by atoms with Crippen molar-refractivity contribution in [2.45, 2.75) is 33.9 Å². The minimum absolute atomic E-state index is 0.1000. The maximum atomic E-state index is 13.5. The number of rotatable bonds is 4. The Bertz CT molecular complexity index is 525. The molecule has 1 aromatic carbocycles. The molecular formula is C14H17FN2S. The second-order valence-corrected chi connectivity index (χ2v) is 5.45. The molecule has 0 saturated heterocycles. The summed E-state index contributed by atoms with van der Waals surface area (Å²) in [6.07, 6.45) is 0. The van der Waals surface area contributed by atoms with Crippen LogP contribution in [-0.2, 0) is 13.1 Å². The van der Waals surface area contributed by atoms with E-state index in [2.05, 4.69) is 10.3 Å². The van der Waals surface area contributed by atoms with Crippen LogP contribution in [0.1, 0.15) is 27.3 Å². The highest BCUT2D eigenvalue weighted by molar-refractivity contribution is 7.09. The lowest BCUT2D eigenvalue weighted by Crippen LogP contribution is -2.13. The maximum absolute atomic E-state index is 13.5. The summed E-state index contributed by atoms with van der Waals surface area (Å²) in [5.74, 6) is -0.1000. The van der Waals surface area contributed by atoms with Crippen molar-refractivity contribution in [3.63, 3.8) is 0 Å². The van der Waals surface area contributed by atoms with Gasteiger partial charge in [-0.1, -0.05) is 12.1 Å². The predicted octanol–water partition coefficient (Wildman–Crippen LogP) is 3.50. The van der Waals surface area contributed by atoms with Gasteiger partial charge in [-0.05, 0) is 37.5 Å². The number of halogens is 1. The number of nitrogens with one attached hydrogen (secondary N) is 1. The molecule has 0 amide bonds. The van der Waals surface area contributed by atoms with Crippen LogP contribution in [-0.4, -0.2) is 4.98 Å². The van der Waals surface area contributed by atoms with Gasteiger partial charge in [0, 0.05) is 18.0 Å². The molecule has 0 bridgehead atoms. The Hall–Kier alpha value is -1.26. The summed E-state index contributed by atoms with van der Waals surface area (Å²) in [5.41, 5.74) is 5.48. The summed E-state index contributed by atoms with van der Waals surface area (Å²) in [5, 5.41) is 3.37. The Kier molecular flexibility index (Phi) is 4.09. The summed E-state index contributed by atoms with van der Waals surface area (Å²) in [6.45, 7) is 7.18. The largest absolute Gasteiger partial charge is 0.308 e. The van der Waals surface area contributed by atoms with Crippen molar-refractivity contribution in [3.05, 3.63) is 50.7 Å². The third-order valence-electron chi connectivity index (χ3n) is 2.96. The number of aryl methyl sites for hydroxylation is 3. The lowest BCUT2D eigenvalue weighted by molar-refractivity contribution is 0.606. The van der Waals surface area contributed by atoms with E-state index in [9.17, 15) is 4.39 Å². The number of thiazole rings is 1. The van der Waals surface area contributed by atoms with Gasteiger partial charge in [0.15, 0.2) is 0 Å². The van der Waals surface area contributed by atoms with E-state index in [1.807, 2.05) is 24.6 Å². The minimum atomic E-state index is -0.1000. The first-order chi connectivity index (χ1) is 8.58. The van der Waals surface area contributed by atoms with Gasteiger partial charge >= 0.3 is 0 Å². The molecule has 2 rings (SSSR count). The lowest BCUT2D eigenvalue weighted by Gasteiger charge is -2.08. The molecule has 0 aliphatic heterocycles. The highest BCUT2D eigenvalue weighted by Gasteiger charge is 2.05. The smallest absolute Gasteiger partial charge is 0.129 e. The first kappa shape index (κ1) is 13.2. The van der Waals surface area contributed by atoms with Crippen LogP contribution in [0.25, 0.3) is 0 Å². The predicted molar refractivity (Wildman–Crippen MR) is 73.3 cm³/mol. The van der Waals surface area contributed by atoms with Crippen LogP contribution in [0.4, 0.5) is 4.39 Å². The average molecular weight is 264 g/mol. The summed E-state index contributed by atoms with van der Waals surface area (Å²) >= 11 is 1.66. The van der Waals surface area contributed by atoms with Crippen molar-refractivity contribution in [2.75, 3.05) is 0 Å². The molecule has 2 aromatic rings. The third-order valence-corrected chi connectivity index (χ3v) is 3.89. The number of hydrogen-bond donors (Lipinski definition) is 1. The molecule has 4 heteroatoms. The maximum Gasteiger partial charge on any atom is 0.129 e. The van der Waals surface area contributed by atoms with Gasteiger partial charge in [0.25, 0.3) is 0 Å². The Morgan fingerprint density at radius 1 is 1.17 bits per heavy atom. The SMILES string of the molecule is Cc1cc(CNCc2scnc2C)cc(C)c1F. The van der Waals surface area contributed by atoms with E-state index in [-0.39, 0.29) is 5.82 Å². The average Bonchev–Trinajstić information content (AvgIpc) is 2.72. The van der Waals surface area contributed by atoms with E-state index in [4.69, 9.17) is 0 Å². The first-order valence-corrected chi connectivity index (χ1v) is 6.81. The minimum Gasteiger partial charge on any atom is -0.308 e. The number of hydrogen-bond acceptors (Lipinski definition) is 3. The second-order valence-electron chi connectivity index (χ2n) is 4.51. The molecule has 0 fully saturated rings. The van der Waals surface area contributed by atoms with Crippen LogP contribution in [0.3, 0.4) is 0 Å². The van der Waals surface area contributed by atoms with E-state index < -0.39 is 0 Å². The van der Waals surface area contributed by atoms with Crippen molar-refractivity contribution in [1.29, 1.82) is 0 Å². The zero-order valence-electron chi connectivity index (χ0n) is 10.9. The summed E-state index contributed by atoms with van der Waals surface area (Å²) in [4.78, 5) is 5.47.